The van der Waals surface area contributed by atoms with Crippen LogP contribution < -0.4 is 10.1 Å². The van der Waals surface area contributed by atoms with Crippen LogP contribution in [-0.2, 0) is 11.3 Å². The molecule has 0 saturated heterocycles. The standard InChI is InChI=1S/C19H17ClN2O2S/c1-13-12-25-19(22-13)15-4-2-14(3-5-15)10-21-18(23)11-24-17-8-6-16(20)7-9-17/h2-9,12H,10-11H2,1H3,(H,21,23). The van der Waals surface area contributed by atoms with Crippen LogP contribution in [0.25, 0.3) is 10.6 Å². The lowest BCUT2D eigenvalue weighted by molar-refractivity contribution is -0.123. The highest BCUT2D eigenvalue weighted by Crippen LogP contribution is 2.23. The number of amides is 1. The molecule has 0 unspecified atom stereocenters. The van der Waals surface area contributed by atoms with Gasteiger partial charge >= 0.3 is 0 Å². The number of nitrogens with one attached hydrogen (secondary N) is 1. The minimum Gasteiger partial charge on any atom is -0.484 e. The first-order valence-electron chi connectivity index (χ1n) is 7.77. The number of rotatable bonds is 6. The van der Waals surface area contributed by atoms with Gasteiger partial charge in [-0.2, -0.15) is 0 Å². The molecule has 0 aliphatic rings. The molecule has 1 N–H and O–H groups in total. The molecule has 0 aliphatic heterocycles. The second-order valence-corrected chi connectivity index (χ2v) is 6.80. The molecule has 1 amide bonds. The van der Waals surface area contributed by atoms with E-state index in [1.54, 1.807) is 35.6 Å². The second-order valence-electron chi connectivity index (χ2n) is 5.51. The first-order valence-corrected chi connectivity index (χ1v) is 9.02. The number of ether oxygens (including phenoxy) is 1. The van der Waals surface area contributed by atoms with Gasteiger partial charge in [0.15, 0.2) is 6.61 Å². The summed E-state index contributed by atoms with van der Waals surface area (Å²) in [7, 11) is 0. The molecular formula is C19H17ClN2O2S. The normalized spacial score (nSPS) is 10.5. The van der Waals surface area contributed by atoms with Gasteiger partial charge in [-0.3, -0.25) is 4.79 Å². The van der Waals surface area contributed by atoms with Gasteiger partial charge in [0.2, 0.25) is 0 Å². The van der Waals surface area contributed by atoms with Gasteiger partial charge in [-0.15, -0.1) is 11.3 Å². The largest absolute Gasteiger partial charge is 0.484 e. The van der Waals surface area contributed by atoms with E-state index in [1.165, 1.54) is 0 Å². The summed E-state index contributed by atoms with van der Waals surface area (Å²) in [6.07, 6.45) is 0. The van der Waals surface area contributed by atoms with Crippen LogP contribution in [0.1, 0.15) is 11.3 Å². The van der Waals surface area contributed by atoms with Crippen LogP contribution >= 0.6 is 22.9 Å². The minimum absolute atomic E-state index is 0.0297. The zero-order chi connectivity index (χ0) is 17.6. The van der Waals surface area contributed by atoms with Crippen LogP contribution in [0.15, 0.2) is 53.9 Å². The summed E-state index contributed by atoms with van der Waals surface area (Å²) in [5, 5.41) is 6.51. The summed E-state index contributed by atoms with van der Waals surface area (Å²) in [5.41, 5.74) is 3.13. The van der Waals surface area contributed by atoms with E-state index in [0.717, 1.165) is 21.8 Å². The Kier molecular flexibility index (Phi) is 5.68. The number of aromatic nitrogens is 1. The van der Waals surface area contributed by atoms with Crippen LogP contribution in [0.4, 0.5) is 0 Å². The maximum Gasteiger partial charge on any atom is 0.258 e. The van der Waals surface area contributed by atoms with Crippen molar-refractivity contribution in [1.29, 1.82) is 0 Å². The van der Waals surface area contributed by atoms with E-state index in [-0.39, 0.29) is 12.5 Å². The van der Waals surface area contributed by atoms with E-state index < -0.39 is 0 Å². The summed E-state index contributed by atoms with van der Waals surface area (Å²) in [4.78, 5) is 16.3. The molecule has 1 aromatic heterocycles. The number of halogens is 1. The molecule has 0 atom stereocenters. The van der Waals surface area contributed by atoms with Gasteiger partial charge in [0.05, 0.1) is 0 Å². The number of thiazole rings is 1. The van der Waals surface area contributed by atoms with E-state index in [4.69, 9.17) is 16.3 Å². The van der Waals surface area contributed by atoms with Gasteiger partial charge in [-0.25, -0.2) is 4.98 Å². The van der Waals surface area contributed by atoms with Gasteiger partial charge in [-0.1, -0.05) is 35.9 Å². The SMILES string of the molecule is Cc1csc(-c2ccc(CNC(=O)COc3ccc(Cl)cc3)cc2)n1. The van der Waals surface area contributed by atoms with Crippen LogP contribution in [-0.4, -0.2) is 17.5 Å². The Bertz CT molecular complexity index is 845. The van der Waals surface area contributed by atoms with Crippen molar-refractivity contribution in [3.63, 3.8) is 0 Å². The van der Waals surface area contributed by atoms with Gasteiger partial charge in [-0.05, 0) is 36.8 Å². The van der Waals surface area contributed by atoms with E-state index in [2.05, 4.69) is 10.3 Å². The molecule has 0 fully saturated rings. The topological polar surface area (TPSA) is 51.2 Å². The van der Waals surface area contributed by atoms with Crippen molar-refractivity contribution < 1.29 is 9.53 Å². The Morgan fingerprint density at radius 2 is 1.88 bits per heavy atom. The van der Waals surface area contributed by atoms with Crippen LogP contribution in [0.3, 0.4) is 0 Å². The van der Waals surface area contributed by atoms with Crippen molar-refractivity contribution in [3.05, 3.63) is 70.2 Å². The smallest absolute Gasteiger partial charge is 0.258 e. The Balaban J connectivity index is 1.47. The van der Waals surface area contributed by atoms with Gasteiger partial charge in [0, 0.05) is 28.2 Å². The molecule has 0 bridgehead atoms. The third-order valence-corrected chi connectivity index (χ3v) is 4.75. The average Bonchev–Trinajstić information content (AvgIpc) is 3.06. The molecule has 0 radical (unpaired) electrons. The molecule has 3 aromatic rings. The zero-order valence-corrected chi connectivity index (χ0v) is 15.2. The fourth-order valence-electron chi connectivity index (χ4n) is 2.18. The Morgan fingerprint density at radius 3 is 2.52 bits per heavy atom. The number of hydrogen-bond donors (Lipinski definition) is 1. The average molecular weight is 373 g/mol. The lowest BCUT2D eigenvalue weighted by Crippen LogP contribution is -2.28. The molecule has 4 nitrogen and oxygen atoms in total. The molecule has 2 aromatic carbocycles. The number of carbonyl (C=O) groups is 1. The maximum atomic E-state index is 11.9. The molecule has 25 heavy (non-hydrogen) atoms. The summed E-state index contributed by atoms with van der Waals surface area (Å²) in [6.45, 7) is 2.41. The third kappa shape index (κ3) is 5.05. The van der Waals surface area contributed by atoms with E-state index in [9.17, 15) is 4.79 Å². The number of aryl methyl sites for hydroxylation is 1. The number of benzene rings is 2. The molecular weight excluding hydrogens is 356 g/mol. The number of hydrogen-bond acceptors (Lipinski definition) is 4. The molecule has 3 rings (SSSR count). The summed E-state index contributed by atoms with van der Waals surface area (Å²) < 4.78 is 5.41. The molecule has 0 spiro atoms. The minimum atomic E-state index is -0.172. The predicted molar refractivity (Wildman–Crippen MR) is 101 cm³/mol. The lowest BCUT2D eigenvalue weighted by Gasteiger charge is -2.08. The molecule has 128 valence electrons. The summed E-state index contributed by atoms with van der Waals surface area (Å²) in [6, 6.07) is 14.9. The van der Waals surface area contributed by atoms with E-state index in [0.29, 0.717) is 17.3 Å². The highest BCUT2D eigenvalue weighted by Gasteiger charge is 2.05. The molecule has 6 heteroatoms. The maximum absolute atomic E-state index is 11.9. The Morgan fingerprint density at radius 1 is 1.16 bits per heavy atom. The predicted octanol–water partition coefficient (Wildman–Crippen LogP) is 4.47. The van der Waals surface area contributed by atoms with Crippen molar-refractivity contribution in [2.75, 3.05) is 6.61 Å². The highest BCUT2D eigenvalue weighted by molar-refractivity contribution is 7.13. The Hall–Kier alpha value is -2.37. The van der Waals surface area contributed by atoms with Crippen molar-refractivity contribution in [2.24, 2.45) is 0 Å². The summed E-state index contributed by atoms with van der Waals surface area (Å²) in [5.74, 6) is 0.442. The van der Waals surface area contributed by atoms with Crippen molar-refractivity contribution >= 4 is 28.8 Å². The first kappa shape index (κ1) is 17.5. The number of carbonyl (C=O) groups excluding carboxylic acids is 1. The Labute approximate surface area is 155 Å². The van der Waals surface area contributed by atoms with Crippen molar-refractivity contribution in [1.82, 2.24) is 10.3 Å². The quantitative estimate of drug-likeness (QED) is 0.694. The van der Waals surface area contributed by atoms with Gasteiger partial charge in [0.1, 0.15) is 10.8 Å². The fourth-order valence-corrected chi connectivity index (χ4v) is 3.11. The summed E-state index contributed by atoms with van der Waals surface area (Å²) >= 11 is 7.43. The van der Waals surface area contributed by atoms with Gasteiger partial charge < -0.3 is 10.1 Å². The third-order valence-electron chi connectivity index (χ3n) is 3.49. The monoisotopic (exact) mass is 372 g/mol. The van der Waals surface area contributed by atoms with Crippen LogP contribution in [0.5, 0.6) is 5.75 Å². The molecule has 0 aliphatic carbocycles. The van der Waals surface area contributed by atoms with Gasteiger partial charge in [0.25, 0.3) is 5.91 Å². The molecule has 1 heterocycles. The van der Waals surface area contributed by atoms with Crippen molar-refractivity contribution in [2.45, 2.75) is 13.5 Å². The van der Waals surface area contributed by atoms with Crippen LogP contribution in [0.2, 0.25) is 5.02 Å². The lowest BCUT2D eigenvalue weighted by atomic mass is 10.1. The first-order chi connectivity index (χ1) is 12.1. The fraction of sp³-hybridized carbons (Fsp3) is 0.158. The van der Waals surface area contributed by atoms with Crippen molar-refractivity contribution in [3.8, 4) is 16.3 Å². The highest BCUT2D eigenvalue weighted by atomic mass is 35.5. The molecule has 0 saturated carbocycles. The zero-order valence-electron chi connectivity index (χ0n) is 13.7. The van der Waals surface area contributed by atoms with Crippen LogP contribution in [0, 0.1) is 6.92 Å². The number of nitrogens with zero attached hydrogens (tertiary/aromatic N) is 1. The van der Waals surface area contributed by atoms with E-state index >= 15 is 0 Å². The van der Waals surface area contributed by atoms with E-state index in [1.807, 2.05) is 36.6 Å². The second kappa shape index (κ2) is 8.14.